The summed E-state index contributed by atoms with van der Waals surface area (Å²) in [4.78, 5) is 0. The van der Waals surface area contributed by atoms with Gasteiger partial charge in [-0.2, -0.15) is 0 Å². The minimum Gasteiger partial charge on any atom is -0.378 e. The van der Waals surface area contributed by atoms with Crippen molar-refractivity contribution in [3.05, 3.63) is 12.7 Å². The number of hydrogen-bond acceptors (Lipinski definition) is 3. The molecular weight excluding hydrogens is 164 g/mol. The standard InChI is InChI=1S/C10H20N2O/c1-3-5-12-10(8-11)4-6-13-9(2)7-10/h3,9,12H,1,4-8,11H2,2H3. The SMILES string of the molecule is C=CCNC1(CN)CCOC(C)C1. The number of nitrogens with one attached hydrogen (secondary N) is 1. The van der Waals surface area contributed by atoms with Gasteiger partial charge in [0.25, 0.3) is 0 Å². The Bertz CT molecular complexity index is 172. The summed E-state index contributed by atoms with van der Waals surface area (Å²) >= 11 is 0. The molecule has 3 N–H and O–H groups in total. The molecular formula is C10H20N2O. The molecule has 2 atom stereocenters. The van der Waals surface area contributed by atoms with Crippen LogP contribution in [0.15, 0.2) is 12.7 Å². The Morgan fingerprint density at radius 1 is 1.77 bits per heavy atom. The highest BCUT2D eigenvalue weighted by Gasteiger charge is 2.33. The summed E-state index contributed by atoms with van der Waals surface area (Å²) < 4.78 is 5.49. The van der Waals surface area contributed by atoms with Gasteiger partial charge in [-0.1, -0.05) is 6.08 Å². The van der Waals surface area contributed by atoms with Crippen molar-refractivity contribution < 1.29 is 4.74 Å². The Labute approximate surface area is 80.3 Å². The van der Waals surface area contributed by atoms with Crippen molar-refractivity contribution in [2.45, 2.75) is 31.4 Å². The molecule has 1 aliphatic heterocycles. The predicted octanol–water partition coefficient (Wildman–Crippen LogP) is 0.658. The number of nitrogens with two attached hydrogens (primary N) is 1. The first-order valence-corrected chi connectivity index (χ1v) is 4.90. The first-order chi connectivity index (χ1) is 6.22. The average molecular weight is 184 g/mol. The highest BCUT2D eigenvalue weighted by Crippen LogP contribution is 2.23. The second kappa shape index (κ2) is 4.74. The van der Waals surface area contributed by atoms with Crippen LogP contribution in [-0.4, -0.2) is 31.3 Å². The van der Waals surface area contributed by atoms with E-state index in [0.717, 1.165) is 26.0 Å². The predicted molar refractivity (Wildman–Crippen MR) is 54.6 cm³/mol. The van der Waals surface area contributed by atoms with Crippen LogP contribution in [0.4, 0.5) is 0 Å². The monoisotopic (exact) mass is 184 g/mol. The van der Waals surface area contributed by atoms with Gasteiger partial charge in [0.1, 0.15) is 0 Å². The van der Waals surface area contributed by atoms with Gasteiger partial charge in [-0.25, -0.2) is 0 Å². The quantitative estimate of drug-likeness (QED) is 0.631. The largest absolute Gasteiger partial charge is 0.378 e. The lowest BCUT2D eigenvalue weighted by molar-refractivity contribution is -0.0151. The van der Waals surface area contributed by atoms with Gasteiger partial charge in [0.2, 0.25) is 0 Å². The Morgan fingerprint density at radius 2 is 2.54 bits per heavy atom. The van der Waals surface area contributed by atoms with Gasteiger partial charge in [0.15, 0.2) is 0 Å². The molecule has 1 aliphatic rings. The molecule has 1 saturated heterocycles. The molecule has 2 unspecified atom stereocenters. The Kier molecular flexibility index (Phi) is 3.90. The second-order valence-corrected chi connectivity index (χ2v) is 3.79. The van der Waals surface area contributed by atoms with Gasteiger partial charge in [-0.3, -0.25) is 0 Å². The highest BCUT2D eigenvalue weighted by molar-refractivity contribution is 4.95. The molecule has 0 bridgehead atoms. The van der Waals surface area contributed by atoms with Crippen LogP contribution in [0, 0.1) is 0 Å². The van der Waals surface area contributed by atoms with Crippen molar-refractivity contribution >= 4 is 0 Å². The molecule has 1 rings (SSSR count). The number of ether oxygens (including phenoxy) is 1. The Morgan fingerprint density at radius 3 is 3.08 bits per heavy atom. The third-order valence-electron chi connectivity index (χ3n) is 2.67. The topological polar surface area (TPSA) is 47.3 Å². The maximum Gasteiger partial charge on any atom is 0.0565 e. The van der Waals surface area contributed by atoms with Crippen LogP contribution in [-0.2, 0) is 4.74 Å². The van der Waals surface area contributed by atoms with Gasteiger partial charge < -0.3 is 15.8 Å². The van der Waals surface area contributed by atoms with E-state index in [-0.39, 0.29) is 5.54 Å². The van der Waals surface area contributed by atoms with Crippen LogP contribution >= 0.6 is 0 Å². The van der Waals surface area contributed by atoms with E-state index in [9.17, 15) is 0 Å². The average Bonchev–Trinajstić information content (AvgIpc) is 2.15. The Hall–Kier alpha value is -0.380. The molecule has 3 heteroatoms. The van der Waals surface area contributed by atoms with E-state index in [1.165, 1.54) is 0 Å². The summed E-state index contributed by atoms with van der Waals surface area (Å²) in [6, 6.07) is 0. The summed E-state index contributed by atoms with van der Waals surface area (Å²) in [5.74, 6) is 0. The minimum absolute atomic E-state index is 0.0753. The van der Waals surface area contributed by atoms with Gasteiger partial charge in [-0.15, -0.1) is 6.58 Å². The normalized spacial score (nSPS) is 34.5. The number of rotatable bonds is 4. The molecule has 76 valence electrons. The summed E-state index contributed by atoms with van der Waals surface area (Å²) in [6.45, 7) is 8.10. The molecule has 0 aliphatic carbocycles. The molecule has 3 nitrogen and oxygen atoms in total. The molecule has 0 saturated carbocycles. The molecule has 1 fully saturated rings. The maximum atomic E-state index is 5.79. The van der Waals surface area contributed by atoms with E-state index < -0.39 is 0 Å². The molecule has 1 heterocycles. The molecule has 0 amide bonds. The lowest BCUT2D eigenvalue weighted by Gasteiger charge is -2.39. The van der Waals surface area contributed by atoms with Crippen LogP contribution in [0.25, 0.3) is 0 Å². The van der Waals surface area contributed by atoms with Crippen LogP contribution in [0.2, 0.25) is 0 Å². The fourth-order valence-corrected chi connectivity index (χ4v) is 1.87. The van der Waals surface area contributed by atoms with Crippen molar-refractivity contribution in [3.63, 3.8) is 0 Å². The van der Waals surface area contributed by atoms with Gasteiger partial charge >= 0.3 is 0 Å². The fourth-order valence-electron chi connectivity index (χ4n) is 1.87. The van der Waals surface area contributed by atoms with E-state index in [1.807, 2.05) is 6.08 Å². The van der Waals surface area contributed by atoms with Crippen molar-refractivity contribution in [2.75, 3.05) is 19.7 Å². The molecule has 0 aromatic heterocycles. The Balaban J connectivity index is 2.50. The van der Waals surface area contributed by atoms with E-state index in [1.54, 1.807) is 0 Å². The molecule has 0 radical (unpaired) electrons. The van der Waals surface area contributed by atoms with E-state index in [4.69, 9.17) is 10.5 Å². The van der Waals surface area contributed by atoms with E-state index >= 15 is 0 Å². The van der Waals surface area contributed by atoms with Crippen LogP contribution < -0.4 is 11.1 Å². The maximum absolute atomic E-state index is 5.79. The fraction of sp³-hybridized carbons (Fsp3) is 0.800. The lowest BCUT2D eigenvalue weighted by atomic mass is 9.87. The van der Waals surface area contributed by atoms with Crippen LogP contribution in [0.3, 0.4) is 0 Å². The van der Waals surface area contributed by atoms with Crippen molar-refractivity contribution in [3.8, 4) is 0 Å². The first-order valence-electron chi connectivity index (χ1n) is 4.90. The van der Waals surface area contributed by atoms with E-state index in [0.29, 0.717) is 12.6 Å². The van der Waals surface area contributed by atoms with Crippen LogP contribution in [0.5, 0.6) is 0 Å². The summed E-state index contributed by atoms with van der Waals surface area (Å²) in [5.41, 5.74) is 5.86. The van der Waals surface area contributed by atoms with Crippen molar-refractivity contribution in [1.82, 2.24) is 5.32 Å². The molecule has 13 heavy (non-hydrogen) atoms. The molecule has 0 spiro atoms. The zero-order valence-electron chi connectivity index (χ0n) is 8.38. The molecule has 0 aromatic rings. The van der Waals surface area contributed by atoms with Crippen molar-refractivity contribution in [1.29, 1.82) is 0 Å². The van der Waals surface area contributed by atoms with Crippen molar-refractivity contribution in [2.24, 2.45) is 5.73 Å². The smallest absolute Gasteiger partial charge is 0.0565 e. The zero-order chi connectivity index (χ0) is 9.73. The van der Waals surface area contributed by atoms with Gasteiger partial charge in [0, 0.05) is 25.2 Å². The molecule has 0 aromatic carbocycles. The summed E-state index contributed by atoms with van der Waals surface area (Å²) in [7, 11) is 0. The summed E-state index contributed by atoms with van der Waals surface area (Å²) in [6.07, 6.45) is 4.19. The zero-order valence-corrected chi connectivity index (χ0v) is 8.38. The first kappa shape index (κ1) is 10.7. The third-order valence-corrected chi connectivity index (χ3v) is 2.67. The summed E-state index contributed by atoms with van der Waals surface area (Å²) in [5, 5.41) is 3.44. The second-order valence-electron chi connectivity index (χ2n) is 3.79. The van der Waals surface area contributed by atoms with E-state index in [2.05, 4.69) is 18.8 Å². The lowest BCUT2D eigenvalue weighted by Crippen LogP contribution is -2.56. The highest BCUT2D eigenvalue weighted by atomic mass is 16.5. The third kappa shape index (κ3) is 2.79. The number of hydrogen-bond donors (Lipinski definition) is 2. The minimum atomic E-state index is 0.0753. The van der Waals surface area contributed by atoms with Gasteiger partial charge in [0.05, 0.1) is 6.10 Å². The van der Waals surface area contributed by atoms with Crippen LogP contribution in [0.1, 0.15) is 19.8 Å². The van der Waals surface area contributed by atoms with Gasteiger partial charge in [-0.05, 0) is 19.8 Å².